The largest absolute Gasteiger partial charge is 0.493 e. The summed E-state index contributed by atoms with van der Waals surface area (Å²) in [5.74, 6) is 1.37. The summed E-state index contributed by atoms with van der Waals surface area (Å²) < 4.78 is 5.76. The molecule has 1 heterocycles. The van der Waals surface area contributed by atoms with E-state index in [1.165, 1.54) is 16.2 Å². The van der Waals surface area contributed by atoms with Gasteiger partial charge in [0.05, 0.1) is 6.61 Å². The first-order valence-electron chi connectivity index (χ1n) is 9.39. The SMILES string of the molecule is O=C(Nc1nnc(-c2ccccc2)s1)c1ccc(OCCSc2ccccc2)cc1. The zero-order valence-corrected chi connectivity index (χ0v) is 17.7. The maximum absolute atomic E-state index is 12.5. The number of aromatic nitrogens is 2. The minimum absolute atomic E-state index is 0.225. The second-order valence-corrected chi connectivity index (χ2v) is 8.41. The number of hydrogen-bond donors (Lipinski definition) is 1. The van der Waals surface area contributed by atoms with Crippen molar-refractivity contribution in [3.05, 3.63) is 90.5 Å². The molecule has 5 nitrogen and oxygen atoms in total. The normalized spacial score (nSPS) is 10.5. The minimum Gasteiger partial charge on any atom is -0.493 e. The highest BCUT2D eigenvalue weighted by molar-refractivity contribution is 7.99. The molecule has 0 saturated heterocycles. The number of nitrogens with one attached hydrogen (secondary N) is 1. The monoisotopic (exact) mass is 433 g/mol. The molecule has 0 bridgehead atoms. The lowest BCUT2D eigenvalue weighted by molar-refractivity contribution is 0.102. The van der Waals surface area contributed by atoms with Crippen molar-refractivity contribution in [3.63, 3.8) is 0 Å². The molecule has 0 aliphatic rings. The van der Waals surface area contributed by atoms with Gasteiger partial charge in [-0.15, -0.1) is 22.0 Å². The molecular formula is C23H19N3O2S2. The van der Waals surface area contributed by atoms with Crippen molar-refractivity contribution < 1.29 is 9.53 Å². The summed E-state index contributed by atoms with van der Waals surface area (Å²) >= 11 is 3.09. The Balaban J connectivity index is 1.27. The molecule has 0 unspecified atom stereocenters. The minimum atomic E-state index is -0.225. The summed E-state index contributed by atoms with van der Waals surface area (Å²) in [5.41, 5.74) is 1.51. The lowest BCUT2D eigenvalue weighted by Crippen LogP contribution is -2.11. The van der Waals surface area contributed by atoms with Gasteiger partial charge in [-0.3, -0.25) is 10.1 Å². The van der Waals surface area contributed by atoms with Gasteiger partial charge < -0.3 is 4.74 Å². The number of hydrogen-bond acceptors (Lipinski definition) is 6. The molecule has 30 heavy (non-hydrogen) atoms. The lowest BCUT2D eigenvalue weighted by Gasteiger charge is -2.07. The zero-order valence-electron chi connectivity index (χ0n) is 16.0. The van der Waals surface area contributed by atoms with Crippen molar-refractivity contribution >= 4 is 34.1 Å². The van der Waals surface area contributed by atoms with Gasteiger partial charge in [-0.25, -0.2) is 0 Å². The van der Waals surface area contributed by atoms with Gasteiger partial charge in [0.25, 0.3) is 5.91 Å². The molecule has 150 valence electrons. The van der Waals surface area contributed by atoms with Crippen LogP contribution in [0.2, 0.25) is 0 Å². The number of thioether (sulfide) groups is 1. The van der Waals surface area contributed by atoms with Gasteiger partial charge in [-0.2, -0.15) is 0 Å². The van der Waals surface area contributed by atoms with E-state index in [4.69, 9.17) is 4.74 Å². The summed E-state index contributed by atoms with van der Waals surface area (Å²) in [6.07, 6.45) is 0. The third-order valence-electron chi connectivity index (χ3n) is 4.15. The fourth-order valence-corrected chi connectivity index (χ4v) is 4.17. The average Bonchev–Trinajstić information content (AvgIpc) is 3.27. The number of benzene rings is 3. The number of anilines is 1. The Morgan fingerprint density at radius 3 is 2.33 bits per heavy atom. The first kappa shape index (κ1) is 20.1. The van der Waals surface area contributed by atoms with Crippen LogP contribution in [0.5, 0.6) is 5.75 Å². The van der Waals surface area contributed by atoms with Crippen molar-refractivity contribution in [1.29, 1.82) is 0 Å². The molecule has 4 rings (SSSR count). The molecule has 0 fully saturated rings. The van der Waals surface area contributed by atoms with Crippen LogP contribution in [-0.2, 0) is 0 Å². The Bertz CT molecular complexity index is 1080. The number of carbonyl (C=O) groups excluding carboxylic acids is 1. The molecule has 0 radical (unpaired) electrons. The highest BCUT2D eigenvalue weighted by Crippen LogP contribution is 2.26. The maximum Gasteiger partial charge on any atom is 0.257 e. The molecule has 0 aliphatic carbocycles. The van der Waals surface area contributed by atoms with Crippen LogP contribution in [0.1, 0.15) is 10.4 Å². The van der Waals surface area contributed by atoms with E-state index >= 15 is 0 Å². The number of carbonyl (C=O) groups is 1. The third-order valence-corrected chi connectivity index (χ3v) is 6.01. The summed E-state index contributed by atoms with van der Waals surface area (Å²) in [6, 6.07) is 27.1. The van der Waals surface area contributed by atoms with E-state index in [-0.39, 0.29) is 5.91 Å². The number of rotatable bonds is 8. The molecule has 1 N–H and O–H groups in total. The van der Waals surface area contributed by atoms with Crippen LogP contribution in [0.15, 0.2) is 89.8 Å². The summed E-state index contributed by atoms with van der Waals surface area (Å²) in [4.78, 5) is 13.7. The fourth-order valence-electron chi connectivity index (χ4n) is 2.68. The first-order valence-corrected chi connectivity index (χ1v) is 11.2. The van der Waals surface area contributed by atoms with Gasteiger partial charge in [-0.05, 0) is 36.4 Å². The van der Waals surface area contributed by atoms with Crippen LogP contribution >= 0.6 is 23.1 Å². The quantitative estimate of drug-likeness (QED) is 0.288. The highest BCUT2D eigenvalue weighted by Gasteiger charge is 2.11. The van der Waals surface area contributed by atoms with Gasteiger partial charge in [0.2, 0.25) is 5.13 Å². The maximum atomic E-state index is 12.5. The molecule has 7 heteroatoms. The molecule has 0 saturated carbocycles. The van der Waals surface area contributed by atoms with E-state index in [2.05, 4.69) is 27.6 Å². The van der Waals surface area contributed by atoms with E-state index in [0.717, 1.165) is 22.1 Å². The molecular weight excluding hydrogens is 414 g/mol. The molecule has 0 spiro atoms. The third kappa shape index (κ3) is 5.46. The van der Waals surface area contributed by atoms with Gasteiger partial charge >= 0.3 is 0 Å². The van der Waals surface area contributed by atoms with Crippen molar-refractivity contribution in [1.82, 2.24) is 10.2 Å². The molecule has 1 aromatic heterocycles. The van der Waals surface area contributed by atoms with Crippen LogP contribution < -0.4 is 10.1 Å². The molecule has 0 atom stereocenters. The van der Waals surface area contributed by atoms with E-state index in [0.29, 0.717) is 17.3 Å². The highest BCUT2D eigenvalue weighted by atomic mass is 32.2. The number of nitrogens with zero attached hydrogens (tertiary/aromatic N) is 2. The summed E-state index contributed by atoms with van der Waals surface area (Å²) in [7, 11) is 0. The van der Waals surface area contributed by atoms with E-state index in [1.807, 2.05) is 48.5 Å². The predicted molar refractivity (Wildman–Crippen MR) is 122 cm³/mol. The van der Waals surface area contributed by atoms with Crippen LogP contribution in [0.25, 0.3) is 10.6 Å². The van der Waals surface area contributed by atoms with Crippen LogP contribution in [0.4, 0.5) is 5.13 Å². The Morgan fingerprint density at radius 2 is 1.60 bits per heavy atom. The number of ether oxygens (including phenoxy) is 1. The van der Waals surface area contributed by atoms with Crippen molar-refractivity contribution in [2.24, 2.45) is 0 Å². The zero-order chi connectivity index (χ0) is 20.6. The van der Waals surface area contributed by atoms with Crippen LogP contribution in [0, 0.1) is 0 Å². The number of amides is 1. The fraction of sp³-hybridized carbons (Fsp3) is 0.0870. The van der Waals surface area contributed by atoms with E-state index in [9.17, 15) is 4.79 Å². The Morgan fingerprint density at radius 1 is 0.900 bits per heavy atom. The van der Waals surface area contributed by atoms with Gasteiger partial charge in [0.1, 0.15) is 10.8 Å². The predicted octanol–water partition coefficient (Wildman–Crippen LogP) is 5.63. The van der Waals surface area contributed by atoms with Gasteiger partial charge in [-0.1, -0.05) is 59.9 Å². The molecule has 1 amide bonds. The van der Waals surface area contributed by atoms with E-state index < -0.39 is 0 Å². The Kier molecular flexibility index (Phi) is 6.74. The topological polar surface area (TPSA) is 64.1 Å². The molecule has 0 aliphatic heterocycles. The Labute approximate surface area is 183 Å². The van der Waals surface area contributed by atoms with Crippen molar-refractivity contribution in [2.45, 2.75) is 4.90 Å². The average molecular weight is 434 g/mol. The second kappa shape index (κ2) is 10.0. The second-order valence-electron chi connectivity index (χ2n) is 6.27. The summed E-state index contributed by atoms with van der Waals surface area (Å²) in [5, 5.41) is 12.2. The van der Waals surface area contributed by atoms with Crippen LogP contribution in [0.3, 0.4) is 0 Å². The lowest BCUT2D eigenvalue weighted by atomic mass is 10.2. The Hall–Kier alpha value is -3.16. The molecule has 3 aromatic carbocycles. The standard InChI is InChI=1S/C23H19N3O2S2/c27-21(24-23-26-25-22(30-23)18-7-3-1-4-8-18)17-11-13-19(14-12-17)28-15-16-29-20-9-5-2-6-10-20/h1-14H,15-16H2,(H,24,26,27). The van der Waals surface area contributed by atoms with Crippen molar-refractivity contribution in [3.8, 4) is 16.3 Å². The molecule has 4 aromatic rings. The van der Waals surface area contributed by atoms with Crippen molar-refractivity contribution in [2.75, 3.05) is 17.7 Å². The van der Waals surface area contributed by atoms with Gasteiger partial charge in [0, 0.05) is 21.8 Å². The first-order chi connectivity index (χ1) is 14.8. The van der Waals surface area contributed by atoms with Gasteiger partial charge in [0.15, 0.2) is 0 Å². The summed E-state index contributed by atoms with van der Waals surface area (Å²) in [6.45, 7) is 0.595. The van der Waals surface area contributed by atoms with E-state index in [1.54, 1.807) is 36.0 Å². The van der Waals surface area contributed by atoms with Crippen LogP contribution in [-0.4, -0.2) is 28.5 Å². The smallest absolute Gasteiger partial charge is 0.257 e.